The molecule has 0 saturated carbocycles. The molecule has 0 aromatic heterocycles. The van der Waals surface area contributed by atoms with Crippen LogP contribution in [0.15, 0.2) is 48.5 Å². The number of benzene rings is 2. The molecular weight excluding hydrogens is 398 g/mol. The first-order chi connectivity index (χ1) is 13.4. The van der Waals surface area contributed by atoms with E-state index in [1.807, 2.05) is 24.3 Å². The molecule has 0 aliphatic carbocycles. The number of carbonyl (C=O) groups excluding carboxylic acids is 1. The summed E-state index contributed by atoms with van der Waals surface area (Å²) < 4.78 is 29.5. The number of aryl methyl sites for hydroxylation is 1. The van der Waals surface area contributed by atoms with Gasteiger partial charge in [-0.25, -0.2) is 8.42 Å². The van der Waals surface area contributed by atoms with Crippen LogP contribution >= 0.6 is 11.6 Å². The van der Waals surface area contributed by atoms with E-state index in [1.54, 1.807) is 29.2 Å². The van der Waals surface area contributed by atoms with Gasteiger partial charge in [0.05, 0.1) is 11.5 Å². The third-order valence-corrected chi connectivity index (χ3v) is 6.93. The van der Waals surface area contributed by atoms with Gasteiger partial charge in [-0.1, -0.05) is 42.8 Å². The first kappa shape index (κ1) is 20.7. The SMILES string of the molecule is CCc1ccc(CN(C(=O)COc2ccc(Cl)cc2)C2CCS(=O)(=O)C2)cc1. The third-order valence-electron chi connectivity index (χ3n) is 4.93. The van der Waals surface area contributed by atoms with Crippen molar-refractivity contribution in [3.05, 3.63) is 64.7 Å². The van der Waals surface area contributed by atoms with E-state index in [2.05, 4.69) is 6.92 Å². The lowest BCUT2D eigenvalue weighted by molar-refractivity contribution is -0.136. The van der Waals surface area contributed by atoms with Crippen molar-refractivity contribution in [3.8, 4) is 5.75 Å². The van der Waals surface area contributed by atoms with Crippen molar-refractivity contribution in [1.82, 2.24) is 4.90 Å². The van der Waals surface area contributed by atoms with Crippen molar-refractivity contribution >= 4 is 27.3 Å². The Morgan fingerprint density at radius 2 is 1.75 bits per heavy atom. The number of carbonyl (C=O) groups is 1. The predicted octanol–water partition coefficient (Wildman–Crippen LogP) is 3.50. The van der Waals surface area contributed by atoms with E-state index >= 15 is 0 Å². The zero-order chi connectivity index (χ0) is 20.1. The van der Waals surface area contributed by atoms with Crippen LogP contribution in [0.2, 0.25) is 5.02 Å². The highest BCUT2D eigenvalue weighted by molar-refractivity contribution is 7.91. The second-order valence-corrected chi connectivity index (χ2v) is 9.66. The molecule has 1 unspecified atom stereocenters. The second-order valence-electron chi connectivity index (χ2n) is 6.99. The van der Waals surface area contributed by atoms with Crippen LogP contribution in [0.1, 0.15) is 24.5 Å². The van der Waals surface area contributed by atoms with Gasteiger partial charge in [-0.15, -0.1) is 0 Å². The van der Waals surface area contributed by atoms with Crippen molar-refractivity contribution in [2.75, 3.05) is 18.1 Å². The minimum Gasteiger partial charge on any atom is -0.484 e. The van der Waals surface area contributed by atoms with Crippen molar-refractivity contribution in [2.24, 2.45) is 0 Å². The highest BCUT2D eigenvalue weighted by Gasteiger charge is 2.34. The number of hydrogen-bond donors (Lipinski definition) is 0. The quantitative estimate of drug-likeness (QED) is 0.686. The fraction of sp³-hybridized carbons (Fsp3) is 0.381. The fourth-order valence-electron chi connectivity index (χ4n) is 3.28. The maximum atomic E-state index is 12.9. The summed E-state index contributed by atoms with van der Waals surface area (Å²) in [6.07, 6.45) is 1.40. The molecule has 2 aromatic rings. The maximum Gasteiger partial charge on any atom is 0.261 e. The summed E-state index contributed by atoms with van der Waals surface area (Å²) in [5, 5.41) is 0.590. The molecule has 0 N–H and O–H groups in total. The van der Waals surface area contributed by atoms with E-state index in [0.717, 1.165) is 12.0 Å². The van der Waals surface area contributed by atoms with Gasteiger partial charge in [0.15, 0.2) is 16.4 Å². The van der Waals surface area contributed by atoms with Crippen LogP contribution in [0.4, 0.5) is 0 Å². The molecule has 1 atom stereocenters. The van der Waals surface area contributed by atoms with E-state index in [9.17, 15) is 13.2 Å². The molecule has 0 radical (unpaired) electrons. The Bertz CT molecular complexity index is 910. The smallest absolute Gasteiger partial charge is 0.261 e. The molecule has 1 saturated heterocycles. The summed E-state index contributed by atoms with van der Waals surface area (Å²) in [5.74, 6) is 0.446. The number of amides is 1. The molecular formula is C21H24ClNO4S. The molecule has 7 heteroatoms. The Hall–Kier alpha value is -2.05. The van der Waals surface area contributed by atoms with Crippen LogP contribution in [0.3, 0.4) is 0 Å². The third kappa shape index (κ3) is 5.49. The van der Waals surface area contributed by atoms with Gasteiger partial charge in [-0.05, 0) is 48.2 Å². The minimum absolute atomic E-state index is 0.00668. The van der Waals surface area contributed by atoms with Crippen LogP contribution in [0.25, 0.3) is 0 Å². The van der Waals surface area contributed by atoms with Gasteiger partial charge >= 0.3 is 0 Å². The number of halogens is 1. The van der Waals surface area contributed by atoms with E-state index < -0.39 is 9.84 Å². The largest absolute Gasteiger partial charge is 0.484 e. The number of ether oxygens (including phenoxy) is 1. The zero-order valence-electron chi connectivity index (χ0n) is 15.8. The van der Waals surface area contributed by atoms with E-state index in [1.165, 1.54) is 5.56 Å². The lowest BCUT2D eigenvalue weighted by atomic mass is 10.1. The lowest BCUT2D eigenvalue weighted by Gasteiger charge is -2.28. The molecule has 1 aliphatic rings. The summed E-state index contributed by atoms with van der Waals surface area (Å²) in [5.41, 5.74) is 2.19. The second kappa shape index (κ2) is 8.97. The van der Waals surface area contributed by atoms with Gasteiger partial charge in [0.2, 0.25) is 0 Å². The molecule has 1 heterocycles. The molecule has 5 nitrogen and oxygen atoms in total. The molecule has 1 aliphatic heterocycles. The van der Waals surface area contributed by atoms with Crippen molar-refractivity contribution in [2.45, 2.75) is 32.4 Å². The molecule has 1 amide bonds. The monoisotopic (exact) mass is 421 g/mol. The Morgan fingerprint density at radius 1 is 1.11 bits per heavy atom. The van der Waals surface area contributed by atoms with Crippen LogP contribution in [0, 0.1) is 0 Å². The minimum atomic E-state index is -3.10. The van der Waals surface area contributed by atoms with Crippen molar-refractivity contribution < 1.29 is 17.9 Å². The van der Waals surface area contributed by atoms with Crippen molar-refractivity contribution in [1.29, 1.82) is 0 Å². The Balaban J connectivity index is 1.72. The molecule has 3 rings (SSSR count). The van der Waals surface area contributed by atoms with Gasteiger partial charge in [0, 0.05) is 17.6 Å². The summed E-state index contributed by atoms with van der Waals surface area (Å²) in [6.45, 7) is 2.31. The van der Waals surface area contributed by atoms with Crippen LogP contribution in [-0.4, -0.2) is 43.4 Å². The zero-order valence-corrected chi connectivity index (χ0v) is 17.4. The number of nitrogens with zero attached hydrogens (tertiary/aromatic N) is 1. The molecule has 150 valence electrons. The van der Waals surface area contributed by atoms with E-state index in [4.69, 9.17) is 16.3 Å². The first-order valence-corrected chi connectivity index (χ1v) is 11.5. The van der Waals surface area contributed by atoms with Crippen LogP contribution in [-0.2, 0) is 27.6 Å². The van der Waals surface area contributed by atoms with E-state index in [0.29, 0.717) is 23.7 Å². The number of sulfone groups is 1. The molecule has 0 spiro atoms. The van der Waals surface area contributed by atoms with Crippen LogP contribution in [0.5, 0.6) is 5.75 Å². The van der Waals surface area contributed by atoms with Crippen molar-refractivity contribution in [3.63, 3.8) is 0 Å². The van der Waals surface area contributed by atoms with Crippen LogP contribution < -0.4 is 4.74 Å². The summed E-state index contributed by atoms with van der Waals surface area (Å²) in [6, 6.07) is 14.5. The van der Waals surface area contributed by atoms with Gasteiger partial charge in [-0.2, -0.15) is 0 Å². The molecule has 0 bridgehead atoms. The standard InChI is InChI=1S/C21H24ClNO4S/c1-2-16-3-5-17(6-4-16)13-23(19-11-12-28(25,26)15-19)21(24)14-27-20-9-7-18(22)8-10-20/h3-10,19H,2,11-15H2,1H3. The Morgan fingerprint density at radius 3 is 2.32 bits per heavy atom. The molecule has 1 fully saturated rings. The molecule has 2 aromatic carbocycles. The lowest BCUT2D eigenvalue weighted by Crippen LogP contribution is -2.43. The Kier molecular flexibility index (Phi) is 6.62. The maximum absolute atomic E-state index is 12.9. The summed E-state index contributed by atoms with van der Waals surface area (Å²) in [4.78, 5) is 14.5. The highest BCUT2D eigenvalue weighted by Crippen LogP contribution is 2.21. The highest BCUT2D eigenvalue weighted by atomic mass is 35.5. The average Bonchev–Trinajstić information content (AvgIpc) is 3.05. The average molecular weight is 422 g/mol. The topological polar surface area (TPSA) is 63.7 Å². The summed E-state index contributed by atoms with van der Waals surface area (Å²) >= 11 is 5.86. The normalized spacial score (nSPS) is 18.0. The number of rotatable bonds is 7. The van der Waals surface area contributed by atoms with Gasteiger partial charge in [-0.3, -0.25) is 4.79 Å². The Labute approximate surface area is 171 Å². The van der Waals surface area contributed by atoms with Gasteiger partial charge in [0.1, 0.15) is 5.75 Å². The van der Waals surface area contributed by atoms with Gasteiger partial charge < -0.3 is 9.64 Å². The van der Waals surface area contributed by atoms with Gasteiger partial charge in [0.25, 0.3) is 5.91 Å². The van der Waals surface area contributed by atoms with E-state index in [-0.39, 0.29) is 30.1 Å². The summed E-state index contributed by atoms with van der Waals surface area (Å²) in [7, 11) is -3.10. The molecule has 28 heavy (non-hydrogen) atoms. The number of hydrogen-bond acceptors (Lipinski definition) is 4. The first-order valence-electron chi connectivity index (χ1n) is 9.32. The fourth-order valence-corrected chi connectivity index (χ4v) is 5.13. The predicted molar refractivity (Wildman–Crippen MR) is 110 cm³/mol.